The van der Waals surface area contributed by atoms with E-state index < -0.39 is 0 Å². The number of amides is 1. The Balaban J connectivity index is 0.000000771. The lowest BCUT2D eigenvalue weighted by Crippen LogP contribution is -2.14. The average molecular weight is 248 g/mol. The van der Waals surface area contributed by atoms with Gasteiger partial charge in [-0.1, -0.05) is 13.8 Å². The second kappa shape index (κ2) is 7.37. The number of aromatic nitrogens is 1. The van der Waals surface area contributed by atoms with Crippen LogP contribution in [0.25, 0.3) is 10.9 Å². The van der Waals surface area contributed by atoms with Gasteiger partial charge in [-0.15, -0.1) is 0 Å². The number of rotatable bonds is 5. The first-order chi connectivity index (χ1) is 8.85. The van der Waals surface area contributed by atoms with Gasteiger partial charge < -0.3 is 15.0 Å². The first-order valence-corrected chi connectivity index (χ1v) is 6.16. The molecule has 2 N–H and O–H groups in total. The van der Waals surface area contributed by atoms with Crippen LogP contribution in [0.2, 0.25) is 0 Å². The molecule has 0 radical (unpaired) electrons. The van der Waals surface area contributed by atoms with Crippen molar-refractivity contribution in [2.45, 2.75) is 20.3 Å². The number of hydrogen-bond acceptors (Lipinski definition) is 2. The lowest BCUT2D eigenvalue weighted by molar-refractivity contribution is -0.109. The molecule has 2 aromatic rings. The summed E-state index contributed by atoms with van der Waals surface area (Å²) in [6, 6.07) is 5.92. The highest BCUT2D eigenvalue weighted by Gasteiger charge is 2.04. The van der Waals surface area contributed by atoms with E-state index in [-0.39, 0.29) is 0 Å². The largest absolute Gasteiger partial charge is 0.497 e. The molecule has 4 nitrogen and oxygen atoms in total. The Morgan fingerprint density at radius 2 is 2.17 bits per heavy atom. The summed E-state index contributed by atoms with van der Waals surface area (Å²) >= 11 is 0. The fraction of sp³-hybridized carbons (Fsp3) is 0.357. The third kappa shape index (κ3) is 3.26. The zero-order valence-electron chi connectivity index (χ0n) is 11.1. The maximum Gasteiger partial charge on any atom is 0.207 e. The second-order valence-electron chi connectivity index (χ2n) is 3.55. The maximum absolute atomic E-state index is 10.2. The Morgan fingerprint density at radius 3 is 2.83 bits per heavy atom. The minimum atomic E-state index is 0.646. The van der Waals surface area contributed by atoms with Crippen molar-refractivity contribution in [3.05, 3.63) is 30.0 Å². The van der Waals surface area contributed by atoms with Crippen LogP contribution >= 0.6 is 0 Å². The number of carbonyl (C=O) groups excluding carboxylic acids is 1. The van der Waals surface area contributed by atoms with Gasteiger partial charge in [-0.3, -0.25) is 4.79 Å². The molecule has 18 heavy (non-hydrogen) atoms. The van der Waals surface area contributed by atoms with Gasteiger partial charge in [0.25, 0.3) is 0 Å². The fourth-order valence-electron chi connectivity index (χ4n) is 1.76. The summed E-state index contributed by atoms with van der Waals surface area (Å²) in [4.78, 5) is 13.4. The quantitative estimate of drug-likeness (QED) is 0.631. The van der Waals surface area contributed by atoms with Gasteiger partial charge in [0, 0.05) is 23.6 Å². The molecule has 0 aliphatic rings. The van der Waals surface area contributed by atoms with E-state index in [4.69, 9.17) is 4.74 Å². The maximum atomic E-state index is 10.2. The van der Waals surface area contributed by atoms with Crippen LogP contribution in [-0.4, -0.2) is 25.0 Å². The van der Waals surface area contributed by atoms with Crippen molar-refractivity contribution in [2.75, 3.05) is 13.7 Å². The molecule has 1 heterocycles. The fourth-order valence-corrected chi connectivity index (χ4v) is 1.76. The van der Waals surface area contributed by atoms with Gasteiger partial charge in [0.1, 0.15) is 5.75 Å². The molecule has 0 atom stereocenters. The molecule has 98 valence electrons. The Bertz CT molecular complexity index is 491. The van der Waals surface area contributed by atoms with E-state index in [1.54, 1.807) is 7.11 Å². The van der Waals surface area contributed by atoms with Crippen molar-refractivity contribution in [2.24, 2.45) is 0 Å². The molecule has 4 heteroatoms. The molecule has 2 rings (SSSR count). The smallest absolute Gasteiger partial charge is 0.207 e. The van der Waals surface area contributed by atoms with Gasteiger partial charge in [0.2, 0.25) is 6.41 Å². The topological polar surface area (TPSA) is 54.1 Å². The van der Waals surface area contributed by atoms with Gasteiger partial charge in [0.05, 0.1) is 7.11 Å². The molecule has 1 aromatic heterocycles. The van der Waals surface area contributed by atoms with Crippen molar-refractivity contribution in [3.63, 3.8) is 0 Å². The van der Waals surface area contributed by atoms with Crippen molar-refractivity contribution in [3.8, 4) is 5.75 Å². The van der Waals surface area contributed by atoms with Crippen molar-refractivity contribution < 1.29 is 9.53 Å². The van der Waals surface area contributed by atoms with Gasteiger partial charge in [-0.05, 0) is 30.2 Å². The summed E-state index contributed by atoms with van der Waals surface area (Å²) in [7, 11) is 1.65. The molecule has 0 aliphatic carbocycles. The second-order valence-corrected chi connectivity index (χ2v) is 3.55. The van der Waals surface area contributed by atoms with Crippen LogP contribution in [0.15, 0.2) is 24.4 Å². The monoisotopic (exact) mass is 248 g/mol. The zero-order valence-corrected chi connectivity index (χ0v) is 11.1. The minimum Gasteiger partial charge on any atom is -0.497 e. The van der Waals surface area contributed by atoms with Crippen LogP contribution in [0, 0.1) is 0 Å². The molecular formula is C14H20N2O2. The van der Waals surface area contributed by atoms with Gasteiger partial charge in [-0.2, -0.15) is 0 Å². The summed E-state index contributed by atoms with van der Waals surface area (Å²) in [5.41, 5.74) is 2.27. The van der Waals surface area contributed by atoms with Crippen LogP contribution in [0.5, 0.6) is 5.75 Å². The van der Waals surface area contributed by atoms with E-state index in [0.717, 1.165) is 29.5 Å². The molecule has 0 unspecified atom stereocenters. The van der Waals surface area contributed by atoms with Gasteiger partial charge in [0.15, 0.2) is 0 Å². The van der Waals surface area contributed by atoms with Gasteiger partial charge >= 0.3 is 0 Å². The summed E-state index contributed by atoms with van der Waals surface area (Å²) in [5.74, 6) is 0.844. The predicted octanol–water partition coefficient (Wildman–Crippen LogP) is 2.49. The third-order valence-electron chi connectivity index (χ3n) is 2.60. The van der Waals surface area contributed by atoms with Crippen molar-refractivity contribution in [1.82, 2.24) is 10.3 Å². The Morgan fingerprint density at radius 1 is 1.39 bits per heavy atom. The molecule has 1 amide bonds. The third-order valence-corrected chi connectivity index (χ3v) is 2.60. The standard InChI is InChI=1S/C12H14N2O2.C2H6/c1-16-10-2-3-12-11(6-10)9(7-14-12)4-5-13-8-15;1-2/h2-3,6-8,14H,4-5H2,1H3,(H,13,15);1-2H3. The zero-order chi connectivity index (χ0) is 13.4. The number of H-pyrrole nitrogens is 1. The lowest BCUT2D eigenvalue weighted by Gasteiger charge is -2.01. The molecule has 1 aromatic carbocycles. The van der Waals surface area contributed by atoms with Gasteiger partial charge in [-0.25, -0.2) is 0 Å². The highest BCUT2D eigenvalue weighted by Crippen LogP contribution is 2.23. The summed E-state index contributed by atoms with van der Waals surface area (Å²) in [6.45, 7) is 4.65. The summed E-state index contributed by atoms with van der Waals surface area (Å²) in [5, 5.41) is 3.80. The first-order valence-electron chi connectivity index (χ1n) is 6.16. The van der Waals surface area contributed by atoms with Crippen LogP contribution in [0.3, 0.4) is 0 Å². The highest BCUT2D eigenvalue weighted by atomic mass is 16.5. The van der Waals surface area contributed by atoms with Crippen molar-refractivity contribution in [1.29, 1.82) is 0 Å². The van der Waals surface area contributed by atoms with E-state index in [1.165, 1.54) is 5.56 Å². The van der Waals surface area contributed by atoms with Crippen LogP contribution in [-0.2, 0) is 11.2 Å². The van der Waals surface area contributed by atoms with E-state index in [1.807, 2.05) is 38.2 Å². The highest BCUT2D eigenvalue weighted by molar-refractivity contribution is 5.84. The molecule has 0 saturated carbocycles. The molecule has 0 fully saturated rings. The lowest BCUT2D eigenvalue weighted by atomic mass is 10.1. The summed E-state index contributed by atoms with van der Waals surface area (Å²) in [6.07, 6.45) is 3.50. The molecule has 0 aliphatic heterocycles. The van der Waals surface area contributed by atoms with E-state index >= 15 is 0 Å². The molecule has 0 bridgehead atoms. The van der Waals surface area contributed by atoms with Crippen LogP contribution < -0.4 is 10.1 Å². The molecule has 0 saturated heterocycles. The van der Waals surface area contributed by atoms with E-state index in [9.17, 15) is 4.79 Å². The Kier molecular flexibility index (Phi) is 5.77. The SMILES string of the molecule is CC.COc1ccc2[nH]cc(CCNC=O)c2c1. The number of nitrogens with one attached hydrogen (secondary N) is 2. The number of ether oxygens (including phenoxy) is 1. The van der Waals surface area contributed by atoms with Crippen molar-refractivity contribution >= 4 is 17.3 Å². The van der Waals surface area contributed by atoms with E-state index in [0.29, 0.717) is 6.54 Å². The molecular weight excluding hydrogens is 228 g/mol. The Labute approximate surface area is 107 Å². The number of methoxy groups -OCH3 is 1. The predicted molar refractivity (Wildman–Crippen MR) is 74.0 cm³/mol. The molecule has 0 spiro atoms. The number of benzene rings is 1. The first kappa shape index (κ1) is 14.1. The number of fused-ring (bicyclic) bond motifs is 1. The Hall–Kier alpha value is -1.97. The van der Waals surface area contributed by atoms with Crippen LogP contribution in [0.1, 0.15) is 19.4 Å². The average Bonchev–Trinajstić information content (AvgIpc) is 2.84. The van der Waals surface area contributed by atoms with Crippen LogP contribution in [0.4, 0.5) is 0 Å². The number of aromatic amines is 1. The number of hydrogen-bond donors (Lipinski definition) is 2. The van der Waals surface area contributed by atoms with E-state index in [2.05, 4.69) is 10.3 Å². The number of carbonyl (C=O) groups is 1. The normalized spacial score (nSPS) is 9.50. The summed E-state index contributed by atoms with van der Waals surface area (Å²) < 4.78 is 5.19. The minimum absolute atomic E-state index is 0.646.